The summed E-state index contributed by atoms with van der Waals surface area (Å²) in [6.45, 7) is 0. The zero-order valence-corrected chi connectivity index (χ0v) is 10.6. The van der Waals surface area contributed by atoms with E-state index >= 15 is 0 Å². The summed E-state index contributed by atoms with van der Waals surface area (Å²) < 4.78 is 0. The van der Waals surface area contributed by atoms with Crippen molar-refractivity contribution < 1.29 is 4.92 Å². The molecule has 1 saturated carbocycles. The van der Waals surface area contributed by atoms with Crippen molar-refractivity contribution in [3.8, 4) is 6.07 Å². The molecule has 0 unspecified atom stereocenters. The van der Waals surface area contributed by atoms with E-state index in [9.17, 15) is 15.4 Å². The van der Waals surface area contributed by atoms with Gasteiger partial charge in [0.1, 0.15) is 0 Å². The molecule has 2 rings (SSSR count). The highest BCUT2D eigenvalue weighted by atomic mass is 35.5. The maximum atomic E-state index is 10.6. The maximum Gasteiger partial charge on any atom is 0.270 e. The van der Waals surface area contributed by atoms with E-state index in [1.807, 2.05) is 0 Å². The van der Waals surface area contributed by atoms with Crippen molar-refractivity contribution in [3.63, 3.8) is 0 Å². The number of benzene rings is 1. The van der Waals surface area contributed by atoms with Crippen LogP contribution in [0.4, 0.5) is 5.69 Å². The highest BCUT2D eigenvalue weighted by molar-refractivity contribution is 6.31. The maximum absolute atomic E-state index is 10.6. The van der Waals surface area contributed by atoms with Crippen LogP contribution in [0.3, 0.4) is 0 Å². The Morgan fingerprint density at radius 2 is 2.11 bits per heavy atom. The summed E-state index contributed by atoms with van der Waals surface area (Å²) in [5, 5.41) is 20.3. The minimum atomic E-state index is -0.467. The van der Waals surface area contributed by atoms with Crippen molar-refractivity contribution in [2.45, 2.75) is 32.1 Å². The van der Waals surface area contributed by atoms with Crippen molar-refractivity contribution >= 4 is 17.3 Å². The van der Waals surface area contributed by atoms with E-state index in [-0.39, 0.29) is 11.1 Å². The van der Waals surface area contributed by atoms with Crippen molar-refractivity contribution in [2.75, 3.05) is 0 Å². The third kappa shape index (κ3) is 2.46. The standard InChI is InChI=1S/C13H13ClN2O2/c14-12-7-11(16(17)18)4-3-10(12)8-13(9-15)5-1-2-6-13/h3-4,7H,1-2,5-6,8H2. The van der Waals surface area contributed by atoms with Crippen molar-refractivity contribution in [3.05, 3.63) is 38.9 Å². The lowest BCUT2D eigenvalue weighted by atomic mass is 9.81. The Kier molecular flexibility index (Phi) is 3.53. The Morgan fingerprint density at radius 1 is 1.44 bits per heavy atom. The molecule has 0 atom stereocenters. The van der Waals surface area contributed by atoms with Crippen LogP contribution in [0.1, 0.15) is 31.2 Å². The highest BCUT2D eigenvalue weighted by Gasteiger charge is 2.34. The van der Waals surface area contributed by atoms with Gasteiger partial charge in [-0.3, -0.25) is 10.1 Å². The summed E-state index contributed by atoms with van der Waals surface area (Å²) in [6.07, 6.45) is 4.49. The second-order valence-electron chi connectivity index (χ2n) is 4.81. The first-order valence-corrected chi connectivity index (χ1v) is 6.28. The van der Waals surface area contributed by atoms with Crippen LogP contribution in [-0.4, -0.2) is 4.92 Å². The van der Waals surface area contributed by atoms with Crippen LogP contribution >= 0.6 is 11.6 Å². The van der Waals surface area contributed by atoms with Gasteiger partial charge in [-0.15, -0.1) is 0 Å². The van der Waals surface area contributed by atoms with E-state index in [0.717, 1.165) is 31.2 Å². The second-order valence-corrected chi connectivity index (χ2v) is 5.22. The highest BCUT2D eigenvalue weighted by Crippen LogP contribution is 2.41. The molecular weight excluding hydrogens is 252 g/mol. The SMILES string of the molecule is N#CC1(Cc2ccc([N+](=O)[O-])cc2Cl)CCCC1. The topological polar surface area (TPSA) is 66.9 Å². The van der Waals surface area contributed by atoms with E-state index in [1.54, 1.807) is 6.07 Å². The van der Waals surface area contributed by atoms with Crippen molar-refractivity contribution in [1.82, 2.24) is 0 Å². The average Bonchev–Trinajstić information content (AvgIpc) is 2.81. The molecule has 1 aromatic rings. The Bertz CT molecular complexity index is 516. The van der Waals surface area contributed by atoms with Crippen LogP contribution in [0.25, 0.3) is 0 Å². The lowest BCUT2D eigenvalue weighted by Crippen LogP contribution is -2.17. The molecule has 0 radical (unpaired) electrons. The van der Waals surface area contributed by atoms with E-state index < -0.39 is 4.92 Å². The number of hydrogen-bond donors (Lipinski definition) is 0. The van der Waals surface area contributed by atoms with Crippen LogP contribution in [-0.2, 0) is 6.42 Å². The van der Waals surface area contributed by atoms with E-state index in [0.29, 0.717) is 11.4 Å². The second kappa shape index (κ2) is 4.95. The fraction of sp³-hybridized carbons (Fsp3) is 0.462. The molecule has 0 heterocycles. The number of nitrogens with zero attached hydrogens (tertiary/aromatic N) is 2. The number of hydrogen-bond acceptors (Lipinski definition) is 3. The summed E-state index contributed by atoms with van der Waals surface area (Å²) in [6, 6.07) is 6.87. The molecule has 1 fully saturated rings. The Labute approximate surface area is 110 Å². The summed E-state index contributed by atoms with van der Waals surface area (Å²) in [5.74, 6) is 0. The lowest BCUT2D eigenvalue weighted by molar-refractivity contribution is -0.384. The minimum absolute atomic E-state index is 0.0128. The van der Waals surface area contributed by atoms with Gasteiger partial charge in [-0.25, -0.2) is 0 Å². The Hall–Kier alpha value is -1.60. The quantitative estimate of drug-likeness (QED) is 0.615. The van der Waals surface area contributed by atoms with E-state index in [2.05, 4.69) is 6.07 Å². The van der Waals surface area contributed by atoms with Gasteiger partial charge in [0.05, 0.1) is 21.4 Å². The molecule has 0 bridgehead atoms. The fourth-order valence-corrected chi connectivity index (χ4v) is 2.78. The first-order chi connectivity index (χ1) is 8.56. The third-order valence-corrected chi connectivity index (χ3v) is 3.93. The number of nitro benzene ring substituents is 1. The largest absolute Gasteiger partial charge is 0.270 e. The lowest BCUT2D eigenvalue weighted by Gasteiger charge is -2.20. The minimum Gasteiger partial charge on any atom is -0.258 e. The monoisotopic (exact) mass is 264 g/mol. The zero-order valence-electron chi connectivity index (χ0n) is 9.86. The van der Waals surface area contributed by atoms with Crippen LogP contribution in [0, 0.1) is 26.9 Å². The van der Waals surface area contributed by atoms with E-state index in [1.165, 1.54) is 12.1 Å². The van der Waals surface area contributed by atoms with Crippen molar-refractivity contribution in [1.29, 1.82) is 5.26 Å². The number of halogens is 1. The molecule has 0 aliphatic heterocycles. The molecule has 4 nitrogen and oxygen atoms in total. The molecule has 5 heteroatoms. The molecule has 0 saturated heterocycles. The predicted molar refractivity (Wildman–Crippen MR) is 68.3 cm³/mol. The summed E-state index contributed by atoms with van der Waals surface area (Å²) in [5.41, 5.74) is 0.478. The summed E-state index contributed by atoms with van der Waals surface area (Å²) >= 11 is 6.06. The van der Waals surface area contributed by atoms with Crippen LogP contribution in [0.2, 0.25) is 5.02 Å². The van der Waals surface area contributed by atoms with Gasteiger partial charge < -0.3 is 0 Å². The average molecular weight is 265 g/mol. The van der Waals surface area contributed by atoms with Gasteiger partial charge in [0, 0.05) is 12.1 Å². The molecule has 0 amide bonds. The number of nitriles is 1. The smallest absolute Gasteiger partial charge is 0.258 e. The van der Waals surface area contributed by atoms with Gasteiger partial charge in [0.25, 0.3) is 5.69 Å². The molecule has 0 spiro atoms. The molecule has 0 aromatic heterocycles. The number of nitro groups is 1. The van der Waals surface area contributed by atoms with Gasteiger partial charge in [0.2, 0.25) is 0 Å². The zero-order chi connectivity index (χ0) is 13.2. The van der Waals surface area contributed by atoms with Crippen LogP contribution in [0.5, 0.6) is 0 Å². The van der Waals surface area contributed by atoms with Gasteiger partial charge in [-0.1, -0.05) is 30.5 Å². The van der Waals surface area contributed by atoms with Crippen LogP contribution in [0.15, 0.2) is 18.2 Å². The first-order valence-electron chi connectivity index (χ1n) is 5.90. The van der Waals surface area contributed by atoms with Crippen LogP contribution < -0.4 is 0 Å². The van der Waals surface area contributed by atoms with Crippen molar-refractivity contribution in [2.24, 2.45) is 5.41 Å². The first kappa shape index (κ1) is 12.8. The number of non-ortho nitro benzene ring substituents is 1. The fourth-order valence-electron chi connectivity index (χ4n) is 2.54. The normalized spacial score (nSPS) is 17.3. The van der Waals surface area contributed by atoms with Gasteiger partial charge in [0.15, 0.2) is 0 Å². The third-order valence-electron chi connectivity index (χ3n) is 3.57. The molecular formula is C13H13ClN2O2. The molecule has 1 aliphatic carbocycles. The number of rotatable bonds is 3. The molecule has 0 N–H and O–H groups in total. The van der Waals surface area contributed by atoms with E-state index in [4.69, 9.17) is 11.6 Å². The molecule has 1 aromatic carbocycles. The van der Waals surface area contributed by atoms with Gasteiger partial charge in [-0.2, -0.15) is 5.26 Å². The summed E-state index contributed by atoms with van der Waals surface area (Å²) in [7, 11) is 0. The summed E-state index contributed by atoms with van der Waals surface area (Å²) in [4.78, 5) is 10.2. The van der Waals surface area contributed by atoms with Gasteiger partial charge >= 0.3 is 0 Å². The molecule has 94 valence electrons. The molecule has 18 heavy (non-hydrogen) atoms. The predicted octanol–water partition coefficient (Wildman–Crippen LogP) is 3.87. The Balaban J connectivity index is 2.25. The Morgan fingerprint density at radius 3 is 2.61 bits per heavy atom. The molecule has 1 aliphatic rings. The van der Waals surface area contributed by atoms with Gasteiger partial charge in [-0.05, 0) is 24.8 Å².